The Morgan fingerprint density at radius 2 is 1.69 bits per heavy atom. The molecule has 61 heavy (non-hydrogen) atoms. The fourth-order valence-electron chi connectivity index (χ4n) is 4.77. The Balaban J connectivity index is 1.68. The number of ether oxygens (including phenoxy) is 1. The molecular formula is C29H46N7O20P3S2. The van der Waals surface area contributed by atoms with Crippen LogP contribution in [0.2, 0.25) is 0 Å². The van der Waals surface area contributed by atoms with Gasteiger partial charge in [-0.3, -0.25) is 28.3 Å². The van der Waals surface area contributed by atoms with Gasteiger partial charge < -0.3 is 67.0 Å². The van der Waals surface area contributed by atoms with E-state index < -0.39 is 90.6 Å². The summed E-state index contributed by atoms with van der Waals surface area (Å²) < 4.78 is 52.4. The molecule has 0 spiro atoms. The van der Waals surface area contributed by atoms with Crippen molar-refractivity contribution in [3.8, 4) is 11.8 Å². The molecule has 32 heteroatoms. The Labute approximate surface area is 354 Å². The van der Waals surface area contributed by atoms with Gasteiger partial charge in [-0.25, -0.2) is 23.3 Å². The molecule has 2 rings (SSSR count). The number of carbonyl (C=O) groups excluding carboxylic acids is 3. The summed E-state index contributed by atoms with van der Waals surface area (Å²) in [7, 11) is -14.3. The summed E-state index contributed by atoms with van der Waals surface area (Å²) in [6.45, 7) is -0.797. The fraction of sp³-hybridized carbons (Fsp3) is 0.621. The maximum absolute atomic E-state index is 12.5. The lowest BCUT2D eigenvalue weighted by Gasteiger charge is -2.19. The first-order valence-corrected chi connectivity index (χ1v) is 24.7. The number of carbonyl (C=O) groups is 5. The summed E-state index contributed by atoms with van der Waals surface area (Å²) in [5.41, 5.74) is 10.8. The topological polar surface area (TPSA) is 438 Å². The second kappa shape index (κ2) is 25.6. The molecule has 2 heterocycles. The van der Waals surface area contributed by atoms with Crippen LogP contribution in [0.4, 0.5) is 5.82 Å². The van der Waals surface area contributed by atoms with Crippen LogP contribution < -0.4 is 33.1 Å². The molecule has 7 atom stereocenters. The number of aromatic nitrogens is 2. The van der Waals surface area contributed by atoms with E-state index in [2.05, 4.69) is 45.9 Å². The van der Waals surface area contributed by atoms with Gasteiger partial charge in [-0.2, -0.15) is 13.6 Å². The number of aliphatic hydroxyl groups excluding tert-OH is 1. The highest BCUT2D eigenvalue weighted by Crippen LogP contribution is 2.66. The zero-order chi connectivity index (χ0) is 46.0. The minimum Gasteiger partial charge on any atom is -0.481 e. The third-order valence-corrected chi connectivity index (χ3v) is 13.9. The fourth-order valence-corrected chi connectivity index (χ4v) is 9.92. The summed E-state index contributed by atoms with van der Waals surface area (Å²) >= 11 is 0. The number of phosphoric acid groups is 3. The van der Waals surface area contributed by atoms with Crippen LogP contribution in [0.25, 0.3) is 0 Å². The zero-order valence-electron chi connectivity index (χ0n) is 31.8. The minimum atomic E-state index is -5.78. The van der Waals surface area contributed by atoms with Gasteiger partial charge in [0.15, 0.2) is 0 Å². The SMILES string of the molecule is Nc1nc(=O)n([C@H]2CC(O)[C@@H](COP(=O)(O)OP(=O)(O)OP(=O)(O)O)O2)cc1C#CCNC(=O)CCSSCC(N)C(=O)NCCCCCC(=O)NC(CCC(=O)O)C(=O)O. The van der Waals surface area contributed by atoms with Crippen molar-refractivity contribution in [3.05, 3.63) is 22.2 Å². The number of nitrogen functional groups attached to an aromatic ring is 1. The number of amides is 3. The third kappa shape index (κ3) is 22.0. The molecule has 0 radical (unpaired) electrons. The van der Waals surface area contributed by atoms with Gasteiger partial charge >= 0.3 is 41.1 Å². The summed E-state index contributed by atoms with van der Waals surface area (Å²) in [5.74, 6) is 1.89. The molecular weight excluding hydrogens is 923 g/mol. The second-order valence-corrected chi connectivity index (χ2v) is 19.6. The lowest BCUT2D eigenvalue weighted by Crippen LogP contribution is -2.42. The van der Waals surface area contributed by atoms with E-state index in [-0.39, 0.29) is 61.2 Å². The van der Waals surface area contributed by atoms with Crippen molar-refractivity contribution in [1.29, 1.82) is 0 Å². The van der Waals surface area contributed by atoms with Crippen molar-refractivity contribution in [3.63, 3.8) is 0 Å². The van der Waals surface area contributed by atoms with E-state index in [9.17, 15) is 57.4 Å². The largest absolute Gasteiger partial charge is 0.490 e. The summed E-state index contributed by atoms with van der Waals surface area (Å²) in [4.78, 5) is 111. The Hall–Kier alpha value is -3.42. The molecule has 0 bridgehead atoms. The molecule has 1 aliphatic rings. The van der Waals surface area contributed by atoms with Crippen LogP contribution in [-0.2, 0) is 55.5 Å². The molecule has 344 valence electrons. The van der Waals surface area contributed by atoms with E-state index in [0.29, 0.717) is 31.6 Å². The number of nitrogens with zero attached hydrogens (tertiary/aromatic N) is 2. The number of phosphoric ester groups is 1. The minimum absolute atomic E-state index is 0.0283. The van der Waals surface area contributed by atoms with Crippen LogP contribution in [0.1, 0.15) is 63.2 Å². The standard InChI is InChI=1S/C29H46N7O20P3S2/c30-18(27(42)33-10-3-1-2-6-23(39)34-19(28(43)44)7-8-25(40)41)16-61-60-12-9-22(38)32-11-4-5-17-14-36(29(45)35-26(17)31)24-13-20(37)21(54-24)15-53-58(49,50)56-59(51,52)55-57(46,47)48/h14,18-21,24,37H,1-3,6-13,15-16,30H2,(H,32,38)(H,33,42)(H,34,39)(H,40,41)(H,43,44)(H,49,50)(H,51,52)(H2,31,35,45)(H2,46,47,48)/t18?,19?,20?,21-,24-/m1/s1. The maximum Gasteiger partial charge on any atom is 0.490 e. The lowest BCUT2D eigenvalue weighted by molar-refractivity contribution is -0.143. The molecule has 5 unspecified atom stereocenters. The number of aliphatic carboxylic acids is 2. The van der Waals surface area contributed by atoms with Crippen molar-refractivity contribution in [1.82, 2.24) is 25.5 Å². The van der Waals surface area contributed by atoms with Crippen molar-refractivity contribution in [2.45, 2.75) is 81.9 Å². The Morgan fingerprint density at radius 1 is 0.984 bits per heavy atom. The molecule has 3 amide bonds. The van der Waals surface area contributed by atoms with E-state index in [0.717, 1.165) is 10.8 Å². The van der Waals surface area contributed by atoms with Crippen LogP contribution in [0.3, 0.4) is 0 Å². The van der Waals surface area contributed by atoms with E-state index in [1.54, 1.807) is 0 Å². The van der Waals surface area contributed by atoms with E-state index in [1.807, 2.05) is 0 Å². The number of hydrogen-bond donors (Lipinski definition) is 12. The van der Waals surface area contributed by atoms with Crippen LogP contribution in [0.15, 0.2) is 11.0 Å². The molecule has 1 aromatic rings. The average molecular weight is 970 g/mol. The first-order chi connectivity index (χ1) is 28.4. The van der Waals surface area contributed by atoms with Crippen LogP contribution in [-0.4, -0.2) is 130 Å². The number of hydrogen-bond acceptors (Lipinski definition) is 19. The maximum atomic E-state index is 12.5. The molecule has 0 aromatic carbocycles. The van der Waals surface area contributed by atoms with Crippen molar-refractivity contribution in [2.24, 2.45) is 5.73 Å². The highest BCUT2D eigenvalue weighted by molar-refractivity contribution is 8.76. The van der Waals surface area contributed by atoms with Gasteiger partial charge in [-0.05, 0) is 19.3 Å². The first-order valence-electron chi connectivity index (χ1n) is 17.7. The zero-order valence-corrected chi connectivity index (χ0v) is 36.1. The van der Waals surface area contributed by atoms with Gasteiger partial charge in [0.25, 0.3) is 0 Å². The number of anilines is 1. The molecule has 14 N–H and O–H groups in total. The molecule has 0 aliphatic carbocycles. The summed E-state index contributed by atoms with van der Waals surface area (Å²) in [6, 6.07) is -2.12. The van der Waals surface area contributed by atoms with Gasteiger partial charge in [0.05, 0.1) is 30.9 Å². The Bertz CT molecular complexity index is 1980. The lowest BCUT2D eigenvalue weighted by atomic mass is 10.1. The molecule has 27 nitrogen and oxygen atoms in total. The van der Waals surface area contributed by atoms with Gasteiger partial charge in [0, 0.05) is 49.9 Å². The number of nitrogens with two attached hydrogens (primary N) is 2. The van der Waals surface area contributed by atoms with Crippen LogP contribution in [0.5, 0.6) is 0 Å². The smallest absolute Gasteiger partial charge is 0.481 e. The van der Waals surface area contributed by atoms with Gasteiger partial charge in [0.1, 0.15) is 24.2 Å². The average Bonchev–Trinajstić information content (AvgIpc) is 3.50. The van der Waals surface area contributed by atoms with E-state index in [1.165, 1.54) is 21.6 Å². The van der Waals surface area contributed by atoms with Gasteiger partial charge in [-0.1, -0.05) is 39.8 Å². The summed E-state index contributed by atoms with van der Waals surface area (Å²) in [6.07, 6.45) is -2.22. The third-order valence-electron chi connectivity index (χ3n) is 7.65. The first kappa shape index (κ1) is 53.7. The second-order valence-electron chi connectivity index (χ2n) is 12.6. The highest BCUT2D eigenvalue weighted by atomic mass is 33.1. The number of unbranched alkanes of at least 4 members (excludes halogenated alkanes) is 2. The van der Waals surface area contributed by atoms with Crippen molar-refractivity contribution >= 4 is 80.5 Å². The van der Waals surface area contributed by atoms with Gasteiger partial charge in [0.2, 0.25) is 17.7 Å². The Morgan fingerprint density at radius 3 is 2.34 bits per heavy atom. The molecule has 1 saturated heterocycles. The Kier molecular flexibility index (Phi) is 22.6. The number of rotatable bonds is 27. The van der Waals surface area contributed by atoms with Crippen molar-refractivity contribution < 1.29 is 90.4 Å². The van der Waals surface area contributed by atoms with E-state index in [4.69, 9.17) is 36.2 Å². The molecule has 1 fully saturated rings. The number of carboxylic acids is 2. The molecule has 1 aromatic heterocycles. The van der Waals surface area contributed by atoms with Crippen molar-refractivity contribution in [2.75, 3.05) is 36.9 Å². The predicted molar refractivity (Wildman–Crippen MR) is 213 cm³/mol. The van der Waals surface area contributed by atoms with E-state index >= 15 is 0 Å². The predicted octanol–water partition coefficient (Wildman–Crippen LogP) is -1.51. The summed E-state index contributed by atoms with van der Waals surface area (Å²) in [5, 5.41) is 35.7. The number of nitrogens with one attached hydrogen (secondary N) is 3. The normalized spacial score (nSPS) is 19.3. The van der Waals surface area contributed by atoms with Crippen LogP contribution >= 0.6 is 45.1 Å². The van der Waals surface area contributed by atoms with Crippen LogP contribution in [0, 0.1) is 11.8 Å². The molecule has 1 aliphatic heterocycles. The number of aliphatic hydroxyl groups is 1. The molecule has 0 saturated carbocycles. The quantitative estimate of drug-likeness (QED) is 0.0206. The highest BCUT2D eigenvalue weighted by Gasteiger charge is 2.43. The monoisotopic (exact) mass is 969 g/mol. The number of carboxylic acid groups (broad SMARTS) is 2. The van der Waals surface area contributed by atoms with Gasteiger partial charge in [-0.15, -0.1) is 0 Å².